The lowest BCUT2D eigenvalue weighted by Gasteiger charge is -2.09. The van der Waals surface area contributed by atoms with Crippen molar-refractivity contribution >= 4 is 23.6 Å². The second-order valence-corrected chi connectivity index (χ2v) is 5.92. The Morgan fingerprint density at radius 3 is 2.71 bits per heavy atom. The number of rotatable bonds is 7. The second kappa shape index (κ2) is 9.05. The molecule has 0 radical (unpaired) electrons. The standard InChI is InChI=1S/C20H17ClN2O5/c1-25-16-9-5-6-13(19(16)26-2)10-11-18(24)27-12-17-22-20(23-28-17)14-7-3-4-8-15(14)21/h3-11H,12H2,1-2H3/b11-10+. The molecule has 28 heavy (non-hydrogen) atoms. The highest BCUT2D eigenvalue weighted by molar-refractivity contribution is 6.33. The molecule has 0 atom stereocenters. The zero-order valence-electron chi connectivity index (χ0n) is 15.2. The third-order valence-corrected chi connectivity index (χ3v) is 4.08. The van der Waals surface area contributed by atoms with Gasteiger partial charge in [0.25, 0.3) is 5.89 Å². The Hall–Kier alpha value is -3.32. The van der Waals surface area contributed by atoms with E-state index in [0.29, 0.717) is 33.5 Å². The summed E-state index contributed by atoms with van der Waals surface area (Å²) in [5.74, 6) is 1.01. The summed E-state index contributed by atoms with van der Waals surface area (Å²) < 4.78 is 20.8. The highest BCUT2D eigenvalue weighted by Crippen LogP contribution is 2.31. The first-order valence-corrected chi connectivity index (χ1v) is 8.63. The van der Waals surface area contributed by atoms with Crippen LogP contribution in [-0.4, -0.2) is 30.3 Å². The summed E-state index contributed by atoms with van der Waals surface area (Å²) >= 11 is 6.11. The fourth-order valence-electron chi connectivity index (χ4n) is 2.45. The normalized spacial score (nSPS) is 10.8. The number of carbonyl (C=O) groups is 1. The van der Waals surface area contributed by atoms with E-state index in [1.54, 1.807) is 49.6 Å². The van der Waals surface area contributed by atoms with Crippen LogP contribution in [0, 0.1) is 0 Å². The molecule has 1 heterocycles. The van der Waals surface area contributed by atoms with Gasteiger partial charge in [-0.25, -0.2) is 4.79 Å². The van der Waals surface area contributed by atoms with Crippen molar-refractivity contribution in [3.8, 4) is 22.9 Å². The van der Waals surface area contributed by atoms with Gasteiger partial charge in [0.2, 0.25) is 5.82 Å². The molecule has 0 bridgehead atoms. The van der Waals surface area contributed by atoms with Crippen LogP contribution in [0.15, 0.2) is 53.1 Å². The molecule has 0 aliphatic heterocycles. The van der Waals surface area contributed by atoms with Crippen LogP contribution >= 0.6 is 11.6 Å². The quantitative estimate of drug-likeness (QED) is 0.434. The number of carbonyl (C=O) groups excluding carboxylic acids is 1. The topological polar surface area (TPSA) is 83.7 Å². The zero-order chi connectivity index (χ0) is 19.9. The van der Waals surface area contributed by atoms with E-state index in [1.165, 1.54) is 13.2 Å². The van der Waals surface area contributed by atoms with Gasteiger partial charge in [-0.2, -0.15) is 4.98 Å². The van der Waals surface area contributed by atoms with Gasteiger partial charge in [-0.15, -0.1) is 0 Å². The largest absolute Gasteiger partial charge is 0.493 e. The maximum atomic E-state index is 12.0. The number of hydrogen-bond acceptors (Lipinski definition) is 7. The molecule has 3 rings (SSSR count). The van der Waals surface area contributed by atoms with Crippen molar-refractivity contribution in [2.24, 2.45) is 0 Å². The van der Waals surface area contributed by atoms with Gasteiger partial charge in [-0.3, -0.25) is 0 Å². The number of aromatic nitrogens is 2. The van der Waals surface area contributed by atoms with Crippen LogP contribution in [0.25, 0.3) is 17.5 Å². The molecular formula is C20H17ClN2O5. The second-order valence-electron chi connectivity index (χ2n) is 5.52. The molecule has 0 saturated heterocycles. The third-order valence-electron chi connectivity index (χ3n) is 3.75. The summed E-state index contributed by atoms with van der Waals surface area (Å²) in [4.78, 5) is 16.2. The highest BCUT2D eigenvalue weighted by Gasteiger charge is 2.13. The van der Waals surface area contributed by atoms with Crippen LogP contribution in [-0.2, 0) is 16.1 Å². The molecule has 8 heteroatoms. The molecule has 0 aliphatic rings. The van der Waals surface area contributed by atoms with E-state index >= 15 is 0 Å². The van der Waals surface area contributed by atoms with Crippen molar-refractivity contribution in [3.05, 3.63) is 65.0 Å². The summed E-state index contributed by atoms with van der Waals surface area (Å²) in [5, 5.41) is 4.35. The van der Waals surface area contributed by atoms with E-state index in [4.69, 9.17) is 30.3 Å². The molecule has 0 fully saturated rings. The number of nitrogens with zero attached hydrogens (tertiary/aromatic N) is 2. The number of ether oxygens (including phenoxy) is 3. The number of benzene rings is 2. The average Bonchev–Trinajstić information content (AvgIpc) is 3.19. The lowest BCUT2D eigenvalue weighted by molar-refractivity contribution is -0.139. The molecule has 0 unspecified atom stereocenters. The van der Waals surface area contributed by atoms with Crippen LogP contribution in [0.3, 0.4) is 0 Å². The first-order valence-electron chi connectivity index (χ1n) is 8.25. The lowest BCUT2D eigenvalue weighted by Crippen LogP contribution is -2.01. The van der Waals surface area contributed by atoms with Gasteiger partial charge >= 0.3 is 5.97 Å². The van der Waals surface area contributed by atoms with Gasteiger partial charge in [0.15, 0.2) is 18.1 Å². The van der Waals surface area contributed by atoms with Crippen LogP contribution in [0.2, 0.25) is 5.02 Å². The maximum Gasteiger partial charge on any atom is 0.331 e. The summed E-state index contributed by atoms with van der Waals surface area (Å²) in [6.45, 7) is -0.157. The summed E-state index contributed by atoms with van der Waals surface area (Å²) in [6.07, 6.45) is 2.86. The van der Waals surface area contributed by atoms with Crippen molar-refractivity contribution in [2.45, 2.75) is 6.61 Å². The van der Waals surface area contributed by atoms with Crippen LogP contribution in [0.4, 0.5) is 0 Å². The molecule has 0 amide bonds. The Labute approximate surface area is 166 Å². The molecule has 0 saturated carbocycles. The van der Waals surface area contributed by atoms with E-state index in [-0.39, 0.29) is 12.5 Å². The number of esters is 1. The van der Waals surface area contributed by atoms with Crippen molar-refractivity contribution < 1.29 is 23.5 Å². The fourth-order valence-corrected chi connectivity index (χ4v) is 2.67. The Bertz CT molecular complexity index is 1000. The molecule has 1 aromatic heterocycles. The predicted octanol–water partition coefficient (Wildman–Crippen LogP) is 4.16. The molecule has 0 spiro atoms. The fraction of sp³-hybridized carbons (Fsp3) is 0.150. The Balaban J connectivity index is 1.63. The minimum Gasteiger partial charge on any atom is -0.493 e. The Morgan fingerprint density at radius 2 is 1.96 bits per heavy atom. The smallest absolute Gasteiger partial charge is 0.331 e. The van der Waals surface area contributed by atoms with Crippen LogP contribution in [0.5, 0.6) is 11.5 Å². The predicted molar refractivity (Wildman–Crippen MR) is 103 cm³/mol. The number of halogens is 1. The van der Waals surface area contributed by atoms with Crippen molar-refractivity contribution in [1.82, 2.24) is 10.1 Å². The number of hydrogen-bond donors (Lipinski definition) is 0. The molecule has 2 aromatic carbocycles. The monoisotopic (exact) mass is 400 g/mol. The SMILES string of the molecule is COc1cccc(/C=C/C(=O)OCc2nc(-c3ccccc3Cl)no2)c1OC. The van der Waals surface area contributed by atoms with E-state index in [9.17, 15) is 4.79 Å². The van der Waals surface area contributed by atoms with Crippen LogP contribution in [0.1, 0.15) is 11.5 Å². The summed E-state index contributed by atoms with van der Waals surface area (Å²) in [7, 11) is 3.07. The first kappa shape index (κ1) is 19.4. The van der Waals surface area contributed by atoms with Gasteiger partial charge < -0.3 is 18.7 Å². The Morgan fingerprint density at radius 1 is 1.14 bits per heavy atom. The average molecular weight is 401 g/mol. The molecule has 0 aliphatic carbocycles. The molecule has 144 valence electrons. The molecular weight excluding hydrogens is 384 g/mol. The van der Waals surface area contributed by atoms with Crippen molar-refractivity contribution in [3.63, 3.8) is 0 Å². The molecule has 7 nitrogen and oxygen atoms in total. The molecule has 0 N–H and O–H groups in total. The van der Waals surface area contributed by atoms with E-state index in [0.717, 1.165) is 0 Å². The lowest BCUT2D eigenvalue weighted by atomic mass is 10.1. The van der Waals surface area contributed by atoms with E-state index in [2.05, 4.69) is 10.1 Å². The van der Waals surface area contributed by atoms with E-state index < -0.39 is 5.97 Å². The van der Waals surface area contributed by atoms with Gasteiger partial charge in [0.1, 0.15) is 0 Å². The van der Waals surface area contributed by atoms with Gasteiger partial charge in [0.05, 0.1) is 19.2 Å². The highest BCUT2D eigenvalue weighted by atomic mass is 35.5. The number of methoxy groups -OCH3 is 2. The van der Waals surface area contributed by atoms with Gasteiger partial charge in [-0.1, -0.05) is 41.0 Å². The van der Waals surface area contributed by atoms with Gasteiger partial charge in [0, 0.05) is 17.2 Å². The minimum atomic E-state index is -0.567. The van der Waals surface area contributed by atoms with Crippen molar-refractivity contribution in [2.75, 3.05) is 14.2 Å². The minimum absolute atomic E-state index is 0.157. The molecule has 3 aromatic rings. The third kappa shape index (κ3) is 4.50. The van der Waals surface area contributed by atoms with Crippen molar-refractivity contribution in [1.29, 1.82) is 0 Å². The van der Waals surface area contributed by atoms with Gasteiger partial charge in [-0.05, 0) is 24.3 Å². The summed E-state index contributed by atoms with van der Waals surface area (Å²) in [6, 6.07) is 12.5. The first-order chi connectivity index (χ1) is 13.6. The number of para-hydroxylation sites is 1. The Kier molecular flexibility index (Phi) is 6.29. The van der Waals surface area contributed by atoms with E-state index in [1.807, 2.05) is 6.07 Å². The zero-order valence-corrected chi connectivity index (χ0v) is 16.0. The maximum absolute atomic E-state index is 12.0. The summed E-state index contributed by atoms with van der Waals surface area (Å²) in [5.41, 5.74) is 1.31. The van der Waals surface area contributed by atoms with Crippen LogP contribution < -0.4 is 9.47 Å².